The average Bonchev–Trinajstić information content (AvgIpc) is 3.47. The highest BCUT2D eigenvalue weighted by Crippen LogP contribution is 2.18. The molecule has 6 nitrogen and oxygen atoms in total. The van der Waals surface area contributed by atoms with E-state index in [0.717, 1.165) is 77.0 Å². The zero-order valence-corrected chi connectivity index (χ0v) is 54.3. The summed E-state index contributed by atoms with van der Waals surface area (Å²) in [6.45, 7) is 6.65. The summed E-state index contributed by atoms with van der Waals surface area (Å²) in [4.78, 5) is 38.5. The second kappa shape index (κ2) is 69.6. The lowest BCUT2D eigenvalue weighted by atomic mass is 10.0. The normalized spacial score (nSPS) is 12.4. The van der Waals surface area contributed by atoms with E-state index in [1.54, 1.807) is 0 Å². The predicted octanol–water partition coefficient (Wildman–Crippen LogP) is 24.7. The smallest absolute Gasteiger partial charge is 0.306 e. The van der Waals surface area contributed by atoms with Crippen LogP contribution in [-0.2, 0) is 28.6 Å². The second-order valence-corrected chi connectivity index (χ2v) is 24.1. The van der Waals surface area contributed by atoms with Crippen molar-refractivity contribution in [2.24, 2.45) is 0 Å². The molecule has 0 aliphatic carbocycles. The predicted molar refractivity (Wildman–Crippen MR) is 353 cm³/mol. The molecule has 81 heavy (non-hydrogen) atoms. The summed E-state index contributed by atoms with van der Waals surface area (Å²) < 4.78 is 17.0. The van der Waals surface area contributed by atoms with Crippen LogP contribution in [0.1, 0.15) is 380 Å². The zero-order valence-electron chi connectivity index (χ0n) is 54.3. The molecule has 1 atom stereocenters. The van der Waals surface area contributed by atoms with Crippen molar-refractivity contribution in [3.05, 3.63) is 60.8 Å². The van der Waals surface area contributed by atoms with E-state index in [1.165, 1.54) is 263 Å². The van der Waals surface area contributed by atoms with Crippen molar-refractivity contribution in [1.29, 1.82) is 0 Å². The molecule has 0 saturated heterocycles. The van der Waals surface area contributed by atoms with Crippen LogP contribution in [0.15, 0.2) is 60.8 Å². The molecule has 0 aliphatic rings. The van der Waals surface area contributed by atoms with Crippen LogP contribution in [0.3, 0.4) is 0 Å². The lowest BCUT2D eigenvalue weighted by Crippen LogP contribution is -2.30. The molecule has 0 rings (SSSR count). The van der Waals surface area contributed by atoms with E-state index in [0.29, 0.717) is 19.3 Å². The van der Waals surface area contributed by atoms with Crippen LogP contribution in [0.4, 0.5) is 0 Å². The number of hydrogen-bond donors (Lipinski definition) is 0. The summed E-state index contributed by atoms with van der Waals surface area (Å²) in [5.41, 5.74) is 0. The third kappa shape index (κ3) is 67.8. The Morgan fingerprint density at radius 3 is 0.716 bits per heavy atom. The summed E-state index contributed by atoms with van der Waals surface area (Å²) in [7, 11) is 0. The first-order valence-corrected chi connectivity index (χ1v) is 35.8. The number of ether oxygens (including phenoxy) is 3. The van der Waals surface area contributed by atoms with Gasteiger partial charge in [-0.05, 0) is 109 Å². The van der Waals surface area contributed by atoms with Crippen LogP contribution >= 0.6 is 0 Å². The molecule has 1 unspecified atom stereocenters. The molecule has 0 saturated carbocycles. The van der Waals surface area contributed by atoms with Crippen molar-refractivity contribution >= 4 is 17.9 Å². The molecule has 0 aromatic rings. The summed E-state index contributed by atoms with van der Waals surface area (Å²) >= 11 is 0. The summed E-state index contributed by atoms with van der Waals surface area (Å²) in [5.74, 6) is -0.861. The van der Waals surface area contributed by atoms with Gasteiger partial charge in [0, 0.05) is 19.3 Å². The topological polar surface area (TPSA) is 78.9 Å². The lowest BCUT2D eigenvalue weighted by molar-refractivity contribution is -0.167. The number of rotatable bonds is 66. The van der Waals surface area contributed by atoms with Gasteiger partial charge in [0.15, 0.2) is 6.10 Å². The van der Waals surface area contributed by atoms with E-state index in [1.807, 2.05) is 0 Å². The fourth-order valence-corrected chi connectivity index (χ4v) is 10.6. The fourth-order valence-electron chi connectivity index (χ4n) is 10.6. The molecule has 0 aromatic heterocycles. The highest BCUT2D eigenvalue weighted by atomic mass is 16.6. The quantitative estimate of drug-likeness (QED) is 0.0261. The van der Waals surface area contributed by atoms with E-state index >= 15 is 0 Å². The molecular weight excluding hydrogens is 997 g/mol. The van der Waals surface area contributed by atoms with Gasteiger partial charge in [-0.1, -0.05) is 313 Å². The van der Waals surface area contributed by atoms with Crippen molar-refractivity contribution in [3.8, 4) is 0 Å². The standard InChI is InChI=1S/C75H136O6/c1-4-7-10-13-16-19-22-25-28-31-33-34-35-36-37-38-39-40-42-44-47-50-53-56-59-62-65-68-74(77)80-71-72(70-79-73(76)67-64-61-58-55-52-49-46-43-30-27-24-21-18-15-12-9-6-3)81-75(78)69-66-63-60-57-54-51-48-45-41-32-29-26-23-20-17-14-11-8-5-2/h18,21-22,25-27,29-31,33,72H,4-17,19-20,23-24,28,32,34-71H2,1-3H3/b21-18-,25-22-,29-26-,30-27-,33-31-. The first-order valence-electron chi connectivity index (χ1n) is 35.8. The van der Waals surface area contributed by atoms with Gasteiger partial charge in [0.05, 0.1) is 0 Å². The molecule has 0 N–H and O–H groups in total. The van der Waals surface area contributed by atoms with Crippen molar-refractivity contribution in [2.75, 3.05) is 13.2 Å². The van der Waals surface area contributed by atoms with Crippen LogP contribution in [0, 0.1) is 0 Å². The first-order chi connectivity index (χ1) is 40.0. The summed E-state index contributed by atoms with van der Waals surface area (Å²) in [6.07, 6.45) is 89.6. The van der Waals surface area contributed by atoms with Gasteiger partial charge in [0.25, 0.3) is 0 Å². The maximum absolute atomic E-state index is 13.0. The summed E-state index contributed by atoms with van der Waals surface area (Å²) in [5, 5.41) is 0. The minimum Gasteiger partial charge on any atom is -0.462 e. The molecule has 0 spiro atoms. The van der Waals surface area contributed by atoms with Crippen molar-refractivity contribution in [1.82, 2.24) is 0 Å². The number of unbranched alkanes of at least 4 members (excludes halogenated alkanes) is 45. The van der Waals surface area contributed by atoms with Crippen LogP contribution in [0.2, 0.25) is 0 Å². The van der Waals surface area contributed by atoms with Gasteiger partial charge in [0.1, 0.15) is 13.2 Å². The molecule has 0 fully saturated rings. The third-order valence-electron chi connectivity index (χ3n) is 16.0. The largest absolute Gasteiger partial charge is 0.462 e. The Morgan fingerprint density at radius 2 is 0.444 bits per heavy atom. The number of carbonyl (C=O) groups is 3. The van der Waals surface area contributed by atoms with E-state index in [4.69, 9.17) is 14.2 Å². The summed E-state index contributed by atoms with van der Waals surface area (Å²) in [6, 6.07) is 0. The lowest BCUT2D eigenvalue weighted by Gasteiger charge is -2.18. The van der Waals surface area contributed by atoms with E-state index < -0.39 is 6.10 Å². The maximum atomic E-state index is 13.0. The Hall–Kier alpha value is -2.89. The van der Waals surface area contributed by atoms with Gasteiger partial charge in [-0.3, -0.25) is 14.4 Å². The number of carbonyl (C=O) groups excluding carboxylic acids is 3. The average molecular weight is 1130 g/mol. The van der Waals surface area contributed by atoms with Gasteiger partial charge < -0.3 is 14.2 Å². The second-order valence-electron chi connectivity index (χ2n) is 24.1. The van der Waals surface area contributed by atoms with E-state index in [2.05, 4.69) is 81.5 Å². The molecule has 0 aromatic carbocycles. The molecular formula is C75H136O6. The van der Waals surface area contributed by atoms with Gasteiger partial charge in [-0.15, -0.1) is 0 Å². The van der Waals surface area contributed by atoms with Crippen molar-refractivity contribution in [3.63, 3.8) is 0 Å². The molecule has 0 aliphatic heterocycles. The van der Waals surface area contributed by atoms with Crippen molar-refractivity contribution in [2.45, 2.75) is 386 Å². The highest BCUT2D eigenvalue weighted by molar-refractivity contribution is 5.71. The Kier molecular flexibility index (Phi) is 67.1. The van der Waals surface area contributed by atoms with Crippen LogP contribution in [0.5, 0.6) is 0 Å². The van der Waals surface area contributed by atoms with Crippen LogP contribution < -0.4 is 0 Å². The van der Waals surface area contributed by atoms with Gasteiger partial charge in [0.2, 0.25) is 0 Å². The molecule has 0 heterocycles. The fraction of sp³-hybridized carbons (Fsp3) is 0.827. The van der Waals surface area contributed by atoms with Gasteiger partial charge in [-0.2, -0.15) is 0 Å². The Labute approximate surface area is 504 Å². The number of allylic oxidation sites excluding steroid dienone is 10. The van der Waals surface area contributed by atoms with Crippen LogP contribution in [-0.4, -0.2) is 37.2 Å². The SMILES string of the molecule is CCCCC/C=C\C/C=C\CCCCCCCCCC(=O)OCC(COC(=O)CCCCCCCCCCCCCCCCC/C=C\C/C=C\CCCCCCC)OC(=O)CCCCCCCCCCC/C=C\CCCCCCCC. The van der Waals surface area contributed by atoms with E-state index in [9.17, 15) is 14.4 Å². The Balaban J connectivity index is 4.29. The Morgan fingerprint density at radius 1 is 0.247 bits per heavy atom. The monoisotopic (exact) mass is 1130 g/mol. The maximum Gasteiger partial charge on any atom is 0.306 e. The molecule has 472 valence electrons. The molecule has 6 heteroatoms. The van der Waals surface area contributed by atoms with Crippen molar-refractivity contribution < 1.29 is 28.6 Å². The first kappa shape index (κ1) is 78.1. The third-order valence-corrected chi connectivity index (χ3v) is 16.0. The minimum atomic E-state index is -0.780. The molecule has 0 bridgehead atoms. The minimum absolute atomic E-state index is 0.0745. The van der Waals surface area contributed by atoms with Gasteiger partial charge in [-0.25, -0.2) is 0 Å². The van der Waals surface area contributed by atoms with Crippen LogP contribution in [0.25, 0.3) is 0 Å². The number of hydrogen-bond acceptors (Lipinski definition) is 6. The van der Waals surface area contributed by atoms with Gasteiger partial charge >= 0.3 is 17.9 Å². The molecule has 0 amide bonds. The van der Waals surface area contributed by atoms with E-state index in [-0.39, 0.29) is 31.1 Å². The Bertz CT molecular complexity index is 1440. The molecule has 0 radical (unpaired) electrons. The highest BCUT2D eigenvalue weighted by Gasteiger charge is 2.19. The zero-order chi connectivity index (χ0) is 58.5. The number of esters is 3.